The number of aryl methyl sites for hydroxylation is 2. The predicted octanol–water partition coefficient (Wildman–Crippen LogP) is 1.82. The summed E-state index contributed by atoms with van der Waals surface area (Å²) in [4.78, 5) is 32.0. The lowest BCUT2D eigenvalue weighted by atomic mass is 9.95. The Labute approximate surface area is 156 Å². The molecule has 0 saturated carbocycles. The minimum Gasteiger partial charge on any atom is -0.362 e. The number of carbonyl (C=O) groups is 1. The van der Waals surface area contributed by atoms with Crippen LogP contribution in [-0.4, -0.2) is 49.8 Å². The van der Waals surface area contributed by atoms with E-state index in [1.165, 1.54) is 16.0 Å². The molecule has 3 heterocycles. The number of nitrogens with one attached hydrogen (secondary N) is 1. The standard InChI is InChI=1S/C17H26N6O2S/c1-5-18-16-19-11(3)13(26-16)15(24)22-9-7-12(8-10-22)14-20-21(4)17(25)23(14)6-2/h12H,5-10H2,1-4H3,(H,18,19). The molecule has 1 fully saturated rings. The number of rotatable bonds is 5. The highest BCUT2D eigenvalue weighted by Crippen LogP contribution is 2.29. The number of nitrogens with zero attached hydrogens (tertiary/aromatic N) is 5. The van der Waals surface area contributed by atoms with Gasteiger partial charge in [0.05, 0.1) is 5.69 Å². The second-order valence-corrected chi connectivity index (χ2v) is 7.54. The highest BCUT2D eigenvalue weighted by molar-refractivity contribution is 7.17. The number of carbonyl (C=O) groups excluding carboxylic acids is 1. The Morgan fingerprint density at radius 3 is 2.62 bits per heavy atom. The average Bonchev–Trinajstić information content (AvgIpc) is 3.14. The second kappa shape index (κ2) is 7.61. The van der Waals surface area contributed by atoms with Crippen LogP contribution < -0.4 is 11.0 Å². The first-order valence-electron chi connectivity index (χ1n) is 9.10. The van der Waals surface area contributed by atoms with Gasteiger partial charge in [0.1, 0.15) is 10.7 Å². The maximum atomic E-state index is 12.9. The summed E-state index contributed by atoms with van der Waals surface area (Å²) in [5.41, 5.74) is 0.708. The number of likely N-dealkylation sites (tertiary alicyclic amines) is 1. The molecule has 8 nitrogen and oxygen atoms in total. The SMILES string of the molecule is CCNc1nc(C)c(C(=O)N2CCC(c3nn(C)c(=O)n3CC)CC2)s1. The number of anilines is 1. The van der Waals surface area contributed by atoms with E-state index in [0.717, 1.165) is 36.0 Å². The molecule has 1 aliphatic rings. The van der Waals surface area contributed by atoms with Crippen molar-refractivity contribution in [3.05, 3.63) is 26.9 Å². The first-order chi connectivity index (χ1) is 12.5. The maximum absolute atomic E-state index is 12.9. The van der Waals surface area contributed by atoms with Gasteiger partial charge in [0, 0.05) is 39.1 Å². The van der Waals surface area contributed by atoms with Crippen molar-refractivity contribution in [3.8, 4) is 0 Å². The molecule has 0 bridgehead atoms. The number of thiazole rings is 1. The summed E-state index contributed by atoms with van der Waals surface area (Å²) in [6.45, 7) is 8.60. The lowest BCUT2D eigenvalue weighted by Gasteiger charge is -2.31. The van der Waals surface area contributed by atoms with Gasteiger partial charge in [-0.25, -0.2) is 14.5 Å². The quantitative estimate of drug-likeness (QED) is 0.858. The minimum atomic E-state index is -0.0720. The van der Waals surface area contributed by atoms with E-state index in [1.807, 2.05) is 25.7 Å². The second-order valence-electron chi connectivity index (χ2n) is 6.54. The zero-order chi connectivity index (χ0) is 18.8. The van der Waals surface area contributed by atoms with Gasteiger partial charge >= 0.3 is 5.69 Å². The monoisotopic (exact) mass is 378 g/mol. The van der Waals surface area contributed by atoms with Crippen molar-refractivity contribution >= 4 is 22.4 Å². The Kier molecular flexibility index (Phi) is 5.45. The third kappa shape index (κ3) is 3.40. The van der Waals surface area contributed by atoms with E-state index in [4.69, 9.17) is 0 Å². The molecule has 0 aliphatic carbocycles. The molecular weight excluding hydrogens is 352 g/mol. The van der Waals surface area contributed by atoms with Crippen LogP contribution in [0.2, 0.25) is 0 Å². The van der Waals surface area contributed by atoms with Crippen LogP contribution in [0.3, 0.4) is 0 Å². The molecule has 1 amide bonds. The topological polar surface area (TPSA) is 85.1 Å². The zero-order valence-corrected chi connectivity index (χ0v) is 16.6. The lowest BCUT2D eigenvalue weighted by molar-refractivity contribution is 0.0714. The Hall–Kier alpha value is -2.16. The lowest BCUT2D eigenvalue weighted by Crippen LogP contribution is -2.38. The molecule has 0 radical (unpaired) electrons. The molecule has 1 saturated heterocycles. The number of aromatic nitrogens is 4. The average molecular weight is 379 g/mol. The van der Waals surface area contributed by atoms with Crippen molar-refractivity contribution in [1.82, 2.24) is 24.2 Å². The van der Waals surface area contributed by atoms with E-state index in [2.05, 4.69) is 15.4 Å². The third-order valence-electron chi connectivity index (χ3n) is 4.82. The summed E-state index contributed by atoms with van der Waals surface area (Å²) in [6, 6.07) is 0. The number of amides is 1. The van der Waals surface area contributed by atoms with Gasteiger partial charge < -0.3 is 10.2 Å². The Balaban J connectivity index is 1.70. The van der Waals surface area contributed by atoms with Crippen LogP contribution in [0.25, 0.3) is 0 Å². The minimum absolute atomic E-state index is 0.0523. The molecule has 3 rings (SSSR count). The van der Waals surface area contributed by atoms with Crippen molar-refractivity contribution in [2.24, 2.45) is 7.05 Å². The molecule has 0 aromatic carbocycles. The summed E-state index contributed by atoms with van der Waals surface area (Å²) in [7, 11) is 1.69. The maximum Gasteiger partial charge on any atom is 0.345 e. The number of hydrogen-bond acceptors (Lipinski definition) is 6. The fraction of sp³-hybridized carbons (Fsp3) is 0.647. The fourth-order valence-electron chi connectivity index (χ4n) is 3.43. The van der Waals surface area contributed by atoms with Crippen molar-refractivity contribution < 1.29 is 4.79 Å². The zero-order valence-electron chi connectivity index (χ0n) is 15.8. The normalized spacial score (nSPS) is 15.5. The first-order valence-corrected chi connectivity index (χ1v) is 9.92. The van der Waals surface area contributed by atoms with Crippen molar-refractivity contribution in [3.63, 3.8) is 0 Å². The van der Waals surface area contributed by atoms with Gasteiger partial charge in [-0.15, -0.1) is 0 Å². The first kappa shape index (κ1) is 18.6. The summed E-state index contributed by atoms with van der Waals surface area (Å²) >= 11 is 1.42. The van der Waals surface area contributed by atoms with Gasteiger partial charge in [0.25, 0.3) is 5.91 Å². The van der Waals surface area contributed by atoms with Gasteiger partial charge in [0.15, 0.2) is 5.13 Å². The number of piperidine rings is 1. The van der Waals surface area contributed by atoms with Crippen LogP contribution in [0.1, 0.15) is 53.8 Å². The molecule has 1 aliphatic heterocycles. The Morgan fingerprint density at radius 1 is 1.31 bits per heavy atom. The Morgan fingerprint density at radius 2 is 2.00 bits per heavy atom. The van der Waals surface area contributed by atoms with Crippen LogP contribution in [0, 0.1) is 6.92 Å². The van der Waals surface area contributed by atoms with E-state index in [9.17, 15) is 9.59 Å². The van der Waals surface area contributed by atoms with E-state index in [0.29, 0.717) is 24.5 Å². The van der Waals surface area contributed by atoms with Crippen LogP contribution in [0.4, 0.5) is 5.13 Å². The predicted molar refractivity (Wildman–Crippen MR) is 102 cm³/mol. The van der Waals surface area contributed by atoms with Crippen molar-refractivity contribution in [2.45, 2.75) is 46.1 Å². The van der Waals surface area contributed by atoms with Gasteiger partial charge in [-0.2, -0.15) is 5.10 Å². The van der Waals surface area contributed by atoms with Crippen LogP contribution in [-0.2, 0) is 13.6 Å². The van der Waals surface area contributed by atoms with E-state index >= 15 is 0 Å². The highest BCUT2D eigenvalue weighted by Gasteiger charge is 2.29. The number of hydrogen-bond donors (Lipinski definition) is 1. The highest BCUT2D eigenvalue weighted by atomic mass is 32.1. The molecule has 26 heavy (non-hydrogen) atoms. The molecule has 0 spiro atoms. The van der Waals surface area contributed by atoms with Gasteiger partial charge in [0.2, 0.25) is 0 Å². The van der Waals surface area contributed by atoms with Gasteiger partial charge in [-0.3, -0.25) is 9.36 Å². The van der Waals surface area contributed by atoms with Crippen LogP contribution >= 0.6 is 11.3 Å². The molecule has 0 atom stereocenters. The largest absolute Gasteiger partial charge is 0.362 e. The van der Waals surface area contributed by atoms with Crippen LogP contribution in [0.15, 0.2) is 4.79 Å². The molecular formula is C17H26N6O2S. The fourth-order valence-corrected chi connectivity index (χ4v) is 4.43. The molecule has 2 aromatic rings. The molecule has 142 valence electrons. The smallest absolute Gasteiger partial charge is 0.345 e. The summed E-state index contributed by atoms with van der Waals surface area (Å²) in [6.07, 6.45) is 1.64. The molecule has 9 heteroatoms. The van der Waals surface area contributed by atoms with Crippen molar-refractivity contribution in [2.75, 3.05) is 25.0 Å². The summed E-state index contributed by atoms with van der Waals surface area (Å²) in [5.74, 6) is 1.11. The van der Waals surface area contributed by atoms with E-state index in [-0.39, 0.29) is 17.5 Å². The van der Waals surface area contributed by atoms with Crippen LogP contribution in [0.5, 0.6) is 0 Å². The van der Waals surface area contributed by atoms with Gasteiger partial charge in [-0.1, -0.05) is 11.3 Å². The summed E-state index contributed by atoms with van der Waals surface area (Å²) in [5, 5.41) is 8.38. The van der Waals surface area contributed by atoms with E-state index in [1.54, 1.807) is 11.6 Å². The van der Waals surface area contributed by atoms with Gasteiger partial charge in [-0.05, 0) is 33.6 Å². The third-order valence-corrected chi connectivity index (χ3v) is 5.92. The van der Waals surface area contributed by atoms with E-state index < -0.39 is 0 Å². The molecule has 2 aromatic heterocycles. The van der Waals surface area contributed by atoms with Crippen molar-refractivity contribution in [1.29, 1.82) is 0 Å². The molecule has 1 N–H and O–H groups in total. The molecule has 0 unspecified atom stereocenters. The summed E-state index contributed by atoms with van der Waals surface area (Å²) < 4.78 is 3.14. The Bertz CT molecular complexity index is 844.